The van der Waals surface area contributed by atoms with Crippen molar-refractivity contribution in [1.29, 1.82) is 0 Å². The van der Waals surface area contributed by atoms with Gasteiger partial charge in [-0.3, -0.25) is 0 Å². The largest absolute Gasteiger partial charge is 0.390 e. The number of aromatic nitrogens is 2. The van der Waals surface area contributed by atoms with E-state index in [1.807, 2.05) is 17.7 Å². The molecule has 4 nitrogen and oxygen atoms in total. The molecule has 1 aromatic heterocycles. The van der Waals surface area contributed by atoms with E-state index in [0.717, 1.165) is 13.2 Å². The molecule has 0 unspecified atom stereocenters. The Hall–Kier alpha value is -0.870. The fourth-order valence-electron chi connectivity index (χ4n) is 0.925. The van der Waals surface area contributed by atoms with Gasteiger partial charge in [-0.05, 0) is 6.92 Å². The molecule has 1 aromatic rings. The van der Waals surface area contributed by atoms with Crippen molar-refractivity contribution < 1.29 is 9.84 Å². The first kappa shape index (κ1) is 9.22. The van der Waals surface area contributed by atoms with E-state index in [1.165, 1.54) is 0 Å². The van der Waals surface area contributed by atoms with Gasteiger partial charge in [-0.25, -0.2) is 4.98 Å². The van der Waals surface area contributed by atoms with Gasteiger partial charge in [-0.2, -0.15) is 0 Å². The van der Waals surface area contributed by atoms with Crippen molar-refractivity contribution in [1.82, 2.24) is 9.55 Å². The summed E-state index contributed by atoms with van der Waals surface area (Å²) in [6.07, 6.45) is 3.52. The molecule has 0 saturated carbocycles. The lowest BCUT2D eigenvalue weighted by molar-refractivity contribution is 0.139. The minimum atomic E-state index is 0.00162. The van der Waals surface area contributed by atoms with Crippen LogP contribution in [0, 0.1) is 0 Å². The predicted molar refractivity (Wildman–Crippen MR) is 44.6 cm³/mol. The van der Waals surface area contributed by atoms with Crippen molar-refractivity contribution in [3.05, 3.63) is 18.2 Å². The van der Waals surface area contributed by atoms with Crippen molar-refractivity contribution in [3.8, 4) is 0 Å². The summed E-state index contributed by atoms with van der Waals surface area (Å²) in [5.41, 5.74) is 0.700. The van der Waals surface area contributed by atoms with Gasteiger partial charge in [0.1, 0.15) is 0 Å². The summed E-state index contributed by atoms with van der Waals surface area (Å²) in [5, 5.41) is 8.72. The normalized spacial score (nSPS) is 10.5. The summed E-state index contributed by atoms with van der Waals surface area (Å²) < 4.78 is 7.07. The minimum absolute atomic E-state index is 0.00162. The molecule has 1 rings (SSSR count). The van der Waals surface area contributed by atoms with Gasteiger partial charge in [0.15, 0.2) is 0 Å². The summed E-state index contributed by atoms with van der Waals surface area (Å²) in [6.45, 7) is 4.19. The highest BCUT2D eigenvalue weighted by atomic mass is 16.5. The molecule has 0 amide bonds. The second kappa shape index (κ2) is 4.90. The van der Waals surface area contributed by atoms with Gasteiger partial charge >= 0.3 is 0 Å². The Morgan fingerprint density at radius 1 is 1.67 bits per heavy atom. The van der Waals surface area contributed by atoms with Crippen molar-refractivity contribution in [3.63, 3.8) is 0 Å². The van der Waals surface area contributed by atoms with Gasteiger partial charge in [0, 0.05) is 19.3 Å². The van der Waals surface area contributed by atoms with E-state index < -0.39 is 0 Å². The minimum Gasteiger partial charge on any atom is -0.390 e. The van der Waals surface area contributed by atoms with Crippen LogP contribution >= 0.6 is 0 Å². The van der Waals surface area contributed by atoms with Crippen molar-refractivity contribution in [2.24, 2.45) is 0 Å². The maximum Gasteiger partial charge on any atom is 0.0951 e. The number of rotatable bonds is 5. The second-order valence-corrected chi connectivity index (χ2v) is 2.46. The Morgan fingerprint density at radius 3 is 3.08 bits per heavy atom. The molecule has 0 saturated heterocycles. The van der Waals surface area contributed by atoms with Crippen LogP contribution in [0.15, 0.2) is 12.5 Å². The van der Waals surface area contributed by atoms with Crippen molar-refractivity contribution in [2.45, 2.75) is 20.1 Å². The molecule has 0 aromatic carbocycles. The standard InChI is InChI=1S/C8H14N2O2/c1-2-12-4-3-10-5-8(6-11)9-7-10/h5,7,11H,2-4,6H2,1H3. The van der Waals surface area contributed by atoms with E-state index in [9.17, 15) is 0 Å². The maximum atomic E-state index is 8.72. The van der Waals surface area contributed by atoms with E-state index in [1.54, 1.807) is 6.33 Å². The summed E-state index contributed by atoms with van der Waals surface area (Å²) in [5.74, 6) is 0. The highest BCUT2D eigenvalue weighted by Crippen LogP contribution is 1.95. The van der Waals surface area contributed by atoms with E-state index in [2.05, 4.69) is 4.98 Å². The highest BCUT2D eigenvalue weighted by Gasteiger charge is 1.95. The lowest BCUT2D eigenvalue weighted by Crippen LogP contribution is -2.03. The average molecular weight is 170 g/mol. The van der Waals surface area contributed by atoms with Gasteiger partial charge in [0.2, 0.25) is 0 Å². The molecule has 12 heavy (non-hydrogen) atoms. The number of ether oxygens (including phenoxy) is 1. The first-order chi connectivity index (χ1) is 5.86. The van der Waals surface area contributed by atoms with Crippen LogP contribution in [0.3, 0.4) is 0 Å². The molecule has 0 spiro atoms. The fourth-order valence-corrected chi connectivity index (χ4v) is 0.925. The number of hydrogen-bond donors (Lipinski definition) is 1. The van der Waals surface area contributed by atoms with Crippen LogP contribution in [-0.2, 0) is 17.9 Å². The zero-order valence-corrected chi connectivity index (χ0v) is 7.23. The quantitative estimate of drug-likeness (QED) is 0.651. The highest BCUT2D eigenvalue weighted by molar-refractivity contribution is 4.93. The second-order valence-electron chi connectivity index (χ2n) is 2.46. The topological polar surface area (TPSA) is 47.3 Å². The van der Waals surface area contributed by atoms with Crippen LogP contribution < -0.4 is 0 Å². The third-order valence-electron chi connectivity index (χ3n) is 1.55. The summed E-state index contributed by atoms with van der Waals surface area (Å²) in [7, 11) is 0. The van der Waals surface area contributed by atoms with Crippen molar-refractivity contribution >= 4 is 0 Å². The Kier molecular flexibility index (Phi) is 3.76. The van der Waals surface area contributed by atoms with Gasteiger partial charge in [-0.15, -0.1) is 0 Å². The molecule has 0 aliphatic heterocycles. The van der Waals surface area contributed by atoms with Gasteiger partial charge in [-0.1, -0.05) is 0 Å². The Bertz CT molecular complexity index is 223. The lowest BCUT2D eigenvalue weighted by atomic mass is 10.5. The molecule has 0 aliphatic carbocycles. The Labute approximate surface area is 71.8 Å². The summed E-state index contributed by atoms with van der Waals surface area (Å²) in [6, 6.07) is 0. The third-order valence-corrected chi connectivity index (χ3v) is 1.55. The first-order valence-electron chi connectivity index (χ1n) is 4.06. The molecule has 1 N–H and O–H groups in total. The average Bonchev–Trinajstić information content (AvgIpc) is 2.53. The number of aliphatic hydroxyl groups is 1. The van der Waals surface area contributed by atoms with Crippen LogP contribution in [-0.4, -0.2) is 27.9 Å². The van der Waals surface area contributed by atoms with Crippen molar-refractivity contribution in [2.75, 3.05) is 13.2 Å². The van der Waals surface area contributed by atoms with Gasteiger partial charge in [0.05, 0.1) is 25.2 Å². The molecule has 1 heterocycles. The first-order valence-corrected chi connectivity index (χ1v) is 4.06. The van der Waals surface area contributed by atoms with E-state index in [4.69, 9.17) is 9.84 Å². The molecule has 68 valence electrons. The summed E-state index contributed by atoms with van der Waals surface area (Å²) in [4.78, 5) is 3.97. The number of aliphatic hydroxyl groups excluding tert-OH is 1. The van der Waals surface area contributed by atoms with Crippen LogP contribution in [0.4, 0.5) is 0 Å². The number of hydrogen-bond acceptors (Lipinski definition) is 3. The Morgan fingerprint density at radius 2 is 2.50 bits per heavy atom. The number of imidazole rings is 1. The summed E-state index contributed by atoms with van der Waals surface area (Å²) >= 11 is 0. The van der Waals surface area contributed by atoms with Gasteiger partial charge < -0.3 is 14.4 Å². The predicted octanol–water partition coefficient (Wildman–Crippen LogP) is 0.412. The smallest absolute Gasteiger partial charge is 0.0951 e. The molecule has 0 radical (unpaired) electrons. The molecule has 0 bridgehead atoms. The van der Waals surface area contributed by atoms with Gasteiger partial charge in [0.25, 0.3) is 0 Å². The van der Waals surface area contributed by atoms with Crippen LogP contribution in [0.1, 0.15) is 12.6 Å². The molecular weight excluding hydrogens is 156 g/mol. The molecule has 0 fully saturated rings. The van der Waals surface area contributed by atoms with Crippen LogP contribution in [0.2, 0.25) is 0 Å². The Balaban J connectivity index is 2.31. The maximum absolute atomic E-state index is 8.72. The molecule has 0 aliphatic rings. The van der Waals surface area contributed by atoms with Crippen LogP contribution in [0.25, 0.3) is 0 Å². The molecule has 0 atom stereocenters. The third kappa shape index (κ3) is 2.64. The monoisotopic (exact) mass is 170 g/mol. The van der Waals surface area contributed by atoms with Crippen LogP contribution in [0.5, 0.6) is 0 Å². The zero-order valence-electron chi connectivity index (χ0n) is 7.23. The molecular formula is C8H14N2O2. The SMILES string of the molecule is CCOCCn1cnc(CO)c1. The van der Waals surface area contributed by atoms with E-state index in [0.29, 0.717) is 12.3 Å². The van der Waals surface area contributed by atoms with E-state index >= 15 is 0 Å². The van der Waals surface area contributed by atoms with E-state index in [-0.39, 0.29) is 6.61 Å². The zero-order chi connectivity index (χ0) is 8.81. The lowest BCUT2D eigenvalue weighted by Gasteiger charge is -2.00. The number of nitrogens with zero attached hydrogens (tertiary/aromatic N) is 2. The molecule has 4 heteroatoms. The fraction of sp³-hybridized carbons (Fsp3) is 0.625.